The van der Waals surface area contributed by atoms with E-state index in [1.807, 2.05) is 34.6 Å². The summed E-state index contributed by atoms with van der Waals surface area (Å²) in [6.45, 7) is 20.1. The summed E-state index contributed by atoms with van der Waals surface area (Å²) in [7, 11) is 1.68. The van der Waals surface area contributed by atoms with E-state index in [0.29, 0.717) is 0 Å². The van der Waals surface area contributed by atoms with Crippen LogP contribution in [0.15, 0.2) is 48.5 Å². The zero-order valence-electron chi connectivity index (χ0n) is 20.1. The second-order valence-electron chi connectivity index (χ2n) is 6.38. The maximum absolute atomic E-state index is 5.97. The van der Waals surface area contributed by atoms with Crippen molar-refractivity contribution in [2.45, 2.75) is 74.3 Å². The molecule has 2 heteroatoms. The number of aryl methyl sites for hydroxylation is 1. The van der Waals surface area contributed by atoms with Gasteiger partial charge in [-0.2, -0.15) is 0 Å². The van der Waals surface area contributed by atoms with Crippen molar-refractivity contribution in [3.63, 3.8) is 0 Å². The summed E-state index contributed by atoms with van der Waals surface area (Å²) < 4.78 is 10.5. The third-order valence-electron chi connectivity index (χ3n) is 3.90. The molecule has 0 radical (unpaired) electrons. The van der Waals surface area contributed by atoms with Crippen molar-refractivity contribution in [2.75, 3.05) is 20.3 Å². The fraction of sp³-hybridized carbons (Fsp3) is 0.538. The van der Waals surface area contributed by atoms with E-state index in [4.69, 9.17) is 4.74 Å². The third-order valence-corrected chi connectivity index (χ3v) is 3.90. The maximum Gasteiger partial charge on any atom is 0.0875 e. The molecule has 2 aromatic rings. The van der Waals surface area contributed by atoms with Gasteiger partial charge in [-0.25, -0.2) is 0 Å². The molecule has 28 heavy (non-hydrogen) atoms. The average molecular weight is 389 g/mol. The molecule has 0 aliphatic carbocycles. The summed E-state index contributed by atoms with van der Waals surface area (Å²) in [5, 5.41) is 0. The van der Waals surface area contributed by atoms with Crippen molar-refractivity contribution in [2.24, 2.45) is 0 Å². The summed E-state index contributed by atoms with van der Waals surface area (Å²) in [6.07, 6.45) is 1.04. The minimum absolute atomic E-state index is 0.239. The van der Waals surface area contributed by atoms with Gasteiger partial charge in [0.05, 0.1) is 5.60 Å². The predicted molar refractivity (Wildman–Crippen MR) is 126 cm³/mol. The standard InChI is InChI=1S/C19H24O.C3H8O.2C2H6/c1-5-13-20-19(3,4)18-8-6-7-17(14-18)16-11-9-15(2)10-12-16;1-3-4-2;2*1-2/h6-12,14H,5,13H2,1-4H3;3H2,1-2H3;2*1-2H3. The number of hydrogen-bond acceptors (Lipinski definition) is 2. The highest BCUT2D eigenvalue weighted by Gasteiger charge is 2.21. The molecular weight excluding hydrogens is 344 g/mol. The molecule has 0 atom stereocenters. The second kappa shape index (κ2) is 17.5. The Bertz CT molecular complexity index is 584. The van der Waals surface area contributed by atoms with Crippen molar-refractivity contribution in [1.29, 1.82) is 0 Å². The number of ether oxygens (including phenoxy) is 2. The van der Waals surface area contributed by atoms with Crippen LogP contribution in [-0.2, 0) is 15.1 Å². The van der Waals surface area contributed by atoms with E-state index in [0.717, 1.165) is 19.6 Å². The van der Waals surface area contributed by atoms with Gasteiger partial charge in [0, 0.05) is 20.3 Å². The van der Waals surface area contributed by atoms with Crippen LogP contribution in [0.5, 0.6) is 0 Å². The van der Waals surface area contributed by atoms with Crippen molar-refractivity contribution in [3.8, 4) is 11.1 Å². The molecule has 0 fully saturated rings. The molecule has 0 bridgehead atoms. The Morgan fingerprint density at radius 3 is 1.82 bits per heavy atom. The largest absolute Gasteiger partial charge is 0.385 e. The first kappa shape index (κ1) is 28.6. The quantitative estimate of drug-likeness (QED) is 0.498. The molecule has 0 saturated heterocycles. The molecule has 0 unspecified atom stereocenters. The van der Waals surface area contributed by atoms with E-state index in [-0.39, 0.29) is 5.60 Å². The lowest BCUT2D eigenvalue weighted by atomic mass is 9.94. The van der Waals surface area contributed by atoms with E-state index < -0.39 is 0 Å². The summed E-state index contributed by atoms with van der Waals surface area (Å²) in [5.41, 5.74) is 4.77. The highest BCUT2D eigenvalue weighted by atomic mass is 16.5. The summed E-state index contributed by atoms with van der Waals surface area (Å²) in [5.74, 6) is 0. The molecule has 0 saturated carbocycles. The smallest absolute Gasteiger partial charge is 0.0875 e. The zero-order valence-corrected chi connectivity index (χ0v) is 20.1. The van der Waals surface area contributed by atoms with Gasteiger partial charge in [-0.15, -0.1) is 0 Å². The van der Waals surface area contributed by atoms with E-state index in [1.54, 1.807) is 7.11 Å². The molecule has 0 aromatic heterocycles. The van der Waals surface area contributed by atoms with Gasteiger partial charge in [0.15, 0.2) is 0 Å². The zero-order chi connectivity index (χ0) is 22.0. The molecule has 0 N–H and O–H groups in total. The van der Waals surface area contributed by atoms with Crippen LogP contribution < -0.4 is 0 Å². The third kappa shape index (κ3) is 11.3. The lowest BCUT2D eigenvalue weighted by molar-refractivity contribution is -0.0212. The molecule has 0 heterocycles. The van der Waals surface area contributed by atoms with Crippen molar-refractivity contribution >= 4 is 0 Å². The fourth-order valence-corrected chi connectivity index (χ4v) is 2.26. The highest BCUT2D eigenvalue weighted by molar-refractivity contribution is 5.64. The minimum Gasteiger partial charge on any atom is -0.385 e. The van der Waals surface area contributed by atoms with E-state index >= 15 is 0 Å². The molecule has 0 aliphatic heterocycles. The van der Waals surface area contributed by atoms with Gasteiger partial charge < -0.3 is 9.47 Å². The molecular formula is C26H44O2. The van der Waals surface area contributed by atoms with E-state index in [2.05, 4.69) is 81.0 Å². The Kier molecular flexibility index (Phi) is 17.8. The molecule has 0 aliphatic rings. The highest BCUT2D eigenvalue weighted by Crippen LogP contribution is 2.29. The van der Waals surface area contributed by atoms with Gasteiger partial charge in [0.1, 0.15) is 0 Å². The number of hydrogen-bond donors (Lipinski definition) is 0. The van der Waals surface area contributed by atoms with Crippen molar-refractivity contribution < 1.29 is 9.47 Å². The first-order chi connectivity index (χ1) is 13.4. The fourth-order valence-electron chi connectivity index (χ4n) is 2.26. The first-order valence-corrected chi connectivity index (χ1v) is 10.7. The second-order valence-corrected chi connectivity index (χ2v) is 6.38. The summed E-state index contributed by atoms with van der Waals surface area (Å²) in [4.78, 5) is 0. The summed E-state index contributed by atoms with van der Waals surface area (Å²) >= 11 is 0. The lowest BCUT2D eigenvalue weighted by Crippen LogP contribution is -2.22. The van der Waals surface area contributed by atoms with Crippen LogP contribution in [-0.4, -0.2) is 20.3 Å². The van der Waals surface area contributed by atoms with Gasteiger partial charge in [0.25, 0.3) is 0 Å². The number of methoxy groups -OCH3 is 1. The van der Waals surface area contributed by atoms with Crippen molar-refractivity contribution in [3.05, 3.63) is 59.7 Å². The summed E-state index contributed by atoms with van der Waals surface area (Å²) in [6, 6.07) is 17.3. The van der Waals surface area contributed by atoms with Crippen molar-refractivity contribution in [1.82, 2.24) is 0 Å². The Hall–Kier alpha value is -1.64. The van der Waals surface area contributed by atoms with Gasteiger partial charge in [0.2, 0.25) is 0 Å². The Balaban J connectivity index is 0. The Morgan fingerprint density at radius 2 is 1.36 bits per heavy atom. The van der Waals surface area contributed by atoms with Crippen LogP contribution in [0.1, 0.15) is 72.9 Å². The Morgan fingerprint density at radius 1 is 0.821 bits per heavy atom. The average Bonchev–Trinajstić information content (AvgIpc) is 2.76. The topological polar surface area (TPSA) is 18.5 Å². The van der Waals surface area contributed by atoms with Crippen LogP contribution in [0.2, 0.25) is 0 Å². The van der Waals surface area contributed by atoms with Crippen LogP contribution in [0, 0.1) is 6.92 Å². The van der Waals surface area contributed by atoms with Crippen LogP contribution >= 0.6 is 0 Å². The maximum atomic E-state index is 5.97. The molecule has 0 spiro atoms. The SMILES string of the molecule is CC.CC.CCCOC(C)(C)c1cccc(-c2ccc(C)cc2)c1.CCOC. The van der Waals surface area contributed by atoms with Gasteiger partial charge in [-0.1, -0.05) is 82.6 Å². The van der Waals surface area contributed by atoms with E-state index in [9.17, 15) is 0 Å². The molecule has 2 nitrogen and oxygen atoms in total. The minimum atomic E-state index is -0.239. The monoisotopic (exact) mass is 388 g/mol. The van der Waals surface area contributed by atoms with Gasteiger partial charge in [-0.05, 0) is 56.9 Å². The molecule has 160 valence electrons. The van der Waals surface area contributed by atoms with Crippen LogP contribution in [0.3, 0.4) is 0 Å². The molecule has 2 aromatic carbocycles. The van der Waals surface area contributed by atoms with Gasteiger partial charge >= 0.3 is 0 Å². The van der Waals surface area contributed by atoms with E-state index in [1.165, 1.54) is 22.3 Å². The normalized spacial score (nSPS) is 9.79. The first-order valence-electron chi connectivity index (χ1n) is 10.7. The van der Waals surface area contributed by atoms with Gasteiger partial charge in [-0.3, -0.25) is 0 Å². The number of benzene rings is 2. The predicted octanol–water partition coefficient (Wildman–Crippen LogP) is 8.03. The van der Waals surface area contributed by atoms with Crippen LogP contribution in [0.4, 0.5) is 0 Å². The Labute approximate surface area is 175 Å². The lowest BCUT2D eigenvalue weighted by Gasteiger charge is -2.26. The molecule has 2 rings (SSSR count). The molecule has 0 amide bonds. The number of rotatable bonds is 6. The van der Waals surface area contributed by atoms with Crippen LogP contribution in [0.25, 0.3) is 11.1 Å².